The molecule has 16 heteroatoms. The van der Waals surface area contributed by atoms with Crippen LogP contribution in [0.1, 0.15) is 0 Å². The van der Waals surface area contributed by atoms with Crippen LogP contribution in [0.25, 0.3) is 0 Å². The second-order valence-corrected chi connectivity index (χ2v) is 0.866. The minimum atomic E-state index is -2.92. The average molecular weight is 352 g/mol. The van der Waals surface area contributed by atoms with Gasteiger partial charge in [-0.05, 0) is 0 Å². The van der Waals surface area contributed by atoms with Crippen LogP contribution < -0.4 is 45.2 Å². The van der Waals surface area contributed by atoms with Crippen LogP contribution in [0.2, 0.25) is 0 Å². The van der Waals surface area contributed by atoms with Crippen LogP contribution >= 0.6 is 0 Å². The minimum absolute atomic E-state index is 0. The molecule has 9 nitrogen and oxygen atoms in total. The van der Waals surface area contributed by atoms with Gasteiger partial charge in [0.05, 0.1) is 0 Å². The first-order valence-corrected chi connectivity index (χ1v) is 2.12. The fourth-order valence-corrected chi connectivity index (χ4v) is 0. The van der Waals surface area contributed by atoms with Gasteiger partial charge in [-0.3, -0.25) is 22.0 Å². The molecule has 16 heavy (non-hydrogen) atoms. The smallest absolute Gasteiger partial charge is 0.907 e. The van der Waals surface area contributed by atoms with Gasteiger partial charge in [0.1, 0.15) is 0 Å². The molecular formula is B3CaFeMgMnO9. The Morgan fingerprint density at radius 1 is 0.500 bits per heavy atom. The quantitative estimate of drug-likeness (QED) is 0.379. The van der Waals surface area contributed by atoms with E-state index in [0.29, 0.717) is 0 Å². The van der Waals surface area contributed by atoms with E-state index in [0.717, 1.165) is 0 Å². The number of hydrogen-bond donors (Lipinski definition) is 0. The molecule has 0 aliphatic heterocycles. The van der Waals surface area contributed by atoms with E-state index in [-0.39, 0.29) is 94.9 Å². The molecule has 0 aromatic rings. The normalized spacial score (nSPS) is 5.06. The van der Waals surface area contributed by atoms with Crippen molar-refractivity contribution in [3.63, 3.8) is 0 Å². The summed E-state index contributed by atoms with van der Waals surface area (Å²) in [6.07, 6.45) is 0. The van der Waals surface area contributed by atoms with Crippen molar-refractivity contribution in [3.8, 4) is 0 Å². The average Bonchev–Trinajstić information content (AvgIpc) is 1.54. The Morgan fingerprint density at radius 3 is 0.500 bits per heavy atom. The van der Waals surface area contributed by atoms with Gasteiger partial charge < -0.3 is 45.2 Å². The third-order valence-electron chi connectivity index (χ3n) is 0. The van der Waals surface area contributed by atoms with Gasteiger partial charge in [-0.25, -0.2) is 0 Å². The molecule has 0 saturated carbocycles. The molecule has 0 aromatic heterocycles. The van der Waals surface area contributed by atoms with Gasteiger partial charge in [0.15, 0.2) is 0 Å². The summed E-state index contributed by atoms with van der Waals surface area (Å²) in [5.41, 5.74) is 0. The van der Waals surface area contributed by atoms with Crippen molar-refractivity contribution in [3.05, 3.63) is 0 Å². The molecule has 2 radical (unpaired) electrons. The summed E-state index contributed by atoms with van der Waals surface area (Å²) in [6, 6.07) is 0. The Bertz CT molecular complexity index is 59.2. The van der Waals surface area contributed by atoms with Crippen LogP contribution in [0.4, 0.5) is 0 Å². The molecule has 0 unspecified atom stereocenters. The van der Waals surface area contributed by atoms with Crippen molar-refractivity contribution in [1.29, 1.82) is 0 Å². The van der Waals surface area contributed by atoms with Gasteiger partial charge in [0.25, 0.3) is 0 Å². The molecule has 0 fully saturated rings. The largest absolute Gasteiger partial charge is 3.00 e. The van der Waals surface area contributed by atoms with Crippen LogP contribution in [0.5, 0.6) is 0 Å². The molecule has 0 N–H and O–H groups in total. The molecule has 0 heterocycles. The molecule has 0 aliphatic rings. The van der Waals surface area contributed by atoms with Crippen LogP contribution in [0.15, 0.2) is 0 Å². The van der Waals surface area contributed by atoms with Gasteiger partial charge in [-0.1, -0.05) is 0 Å². The maximum absolute atomic E-state index is 8.42. The van der Waals surface area contributed by atoms with Crippen molar-refractivity contribution in [2.24, 2.45) is 0 Å². The molecule has 0 saturated heterocycles. The van der Waals surface area contributed by atoms with Crippen molar-refractivity contribution in [2.45, 2.75) is 0 Å². The molecule has 0 amide bonds. The van der Waals surface area contributed by atoms with Gasteiger partial charge in [-0.2, -0.15) is 0 Å². The number of hydrogen-bond acceptors (Lipinski definition) is 9. The maximum atomic E-state index is 8.42. The summed E-state index contributed by atoms with van der Waals surface area (Å²) < 4.78 is 0. The zero-order valence-electron chi connectivity index (χ0n) is 7.55. The molecule has 0 aliphatic carbocycles. The van der Waals surface area contributed by atoms with Crippen molar-refractivity contribution in [2.75, 3.05) is 0 Å². The van der Waals surface area contributed by atoms with Gasteiger partial charge >= 0.3 is 94.9 Å². The first kappa shape index (κ1) is 42.8. The summed E-state index contributed by atoms with van der Waals surface area (Å²) >= 11 is 0. The van der Waals surface area contributed by atoms with Crippen molar-refractivity contribution < 1.29 is 79.4 Å². The fourth-order valence-electron chi connectivity index (χ4n) is 0. The van der Waals surface area contributed by atoms with E-state index < -0.39 is 22.0 Å². The maximum Gasteiger partial charge on any atom is 3.00 e. The van der Waals surface area contributed by atoms with Crippen molar-refractivity contribution >= 4 is 82.8 Å². The van der Waals surface area contributed by atoms with E-state index >= 15 is 0 Å². The van der Waals surface area contributed by atoms with Gasteiger partial charge in [-0.15, -0.1) is 0 Å². The van der Waals surface area contributed by atoms with Crippen LogP contribution in [-0.2, 0) is 34.1 Å². The topological polar surface area (TPSA) is 208 Å². The summed E-state index contributed by atoms with van der Waals surface area (Å²) in [4.78, 5) is 0. The van der Waals surface area contributed by atoms with Crippen molar-refractivity contribution in [1.82, 2.24) is 0 Å². The molecule has 0 spiro atoms. The molecular weight excluding hydrogens is 352 g/mol. The first-order chi connectivity index (χ1) is 5.20. The second-order valence-electron chi connectivity index (χ2n) is 0.866. The standard InChI is InChI=1S/3BO3.Ca.Fe.Mg.Mn/c3*2-1(3)4;;;;/q3*-3;+2;+3;2*+2. The fraction of sp³-hybridized carbons (Fsp3) is 0. The Labute approximate surface area is 160 Å². The zero-order chi connectivity index (χ0) is 10.7. The summed E-state index contributed by atoms with van der Waals surface area (Å²) in [7, 11) is -8.75. The monoisotopic (exact) mass is 352 g/mol. The van der Waals surface area contributed by atoms with E-state index in [4.69, 9.17) is 45.2 Å². The minimum Gasteiger partial charge on any atom is -0.907 e. The number of rotatable bonds is 0. The Hall–Kier alpha value is 2.90. The molecule has 0 aromatic carbocycles. The van der Waals surface area contributed by atoms with E-state index in [1.165, 1.54) is 0 Å². The molecule has 82 valence electrons. The molecule has 0 atom stereocenters. The predicted octanol–water partition coefficient (Wildman–Crippen LogP) is -12.6. The summed E-state index contributed by atoms with van der Waals surface area (Å²) in [5, 5.41) is 75.8. The molecule has 0 rings (SSSR count). The molecule has 0 bridgehead atoms. The second kappa shape index (κ2) is 36.1. The zero-order valence-corrected chi connectivity index (χ0v) is 13.5. The Morgan fingerprint density at radius 2 is 0.500 bits per heavy atom. The Balaban J connectivity index is -0.0000000135. The van der Waals surface area contributed by atoms with Gasteiger partial charge in [0, 0.05) is 0 Å². The predicted molar refractivity (Wildman–Crippen MR) is 28.8 cm³/mol. The summed E-state index contributed by atoms with van der Waals surface area (Å²) in [6.45, 7) is 0. The SMILES string of the molecule is [Ca+2].[Fe+3].[Mg+2].[Mn+2].[O-]B([O-])[O-].[O-]B([O-])[O-].[O-]B([O-])[O-]. The van der Waals surface area contributed by atoms with E-state index in [1.807, 2.05) is 0 Å². The van der Waals surface area contributed by atoms with E-state index in [2.05, 4.69) is 0 Å². The first-order valence-electron chi connectivity index (χ1n) is 2.12. The van der Waals surface area contributed by atoms with E-state index in [9.17, 15) is 0 Å². The van der Waals surface area contributed by atoms with Crippen LogP contribution in [0, 0.1) is 0 Å². The third-order valence-corrected chi connectivity index (χ3v) is 0. The Kier molecular flexibility index (Phi) is 96.5. The van der Waals surface area contributed by atoms with E-state index in [1.54, 1.807) is 0 Å². The third kappa shape index (κ3) is 508. The van der Waals surface area contributed by atoms with Crippen LogP contribution in [-0.4, -0.2) is 82.8 Å². The van der Waals surface area contributed by atoms with Crippen LogP contribution in [0.3, 0.4) is 0 Å². The summed E-state index contributed by atoms with van der Waals surface area (Å²) in [5.74, 6) is 0. The van der Waals surface area contributed by atoms with Gasteiger partial charge in [0.2, 0.25) is 0 Å².